The van der Waals surface area contributed by atoms with E-state index in [-0.39, 0.29) is 0 Å². The number of anilines is 3. The van der Waals surface area contributed by atoms with Crippen molar-refractivity contribution >= 4 is 17.2 Å². The van der Waals surface area contributed by atoms with Crippen LogP contribution < -0.4 is 15.8 Å². The highest BCUT2D eigenvalue weighted by Crippen LogP contribution is 2.27. The summed E-state index contributed by atoms with van der Waals surface area (Å²) < 4.78 is 5.67. The van der Waals surface area contributed by atoms with Crippen molar-refractivity contribution in [3.05, 3.63) is 42.6 Å². The molecule has 0 amide bonds. The Kier molecular flexibility index (Phi) is 4.02. The molecule has 0 saturated heterocycles. The van der Waals surface area contributed by atoms with Crippen LogP contribution in [0.3, 0.4) is 0 Å². The third-order valence-electron chi connectivity index (χ3n) is 2.41. The number of rotatable bonds is 5. The van der Waals surface area contributed by atoms with Crippen LogP contribution in [0.15, 0.2) is 42.6 Å². The number of para-hydroxylation sites is 2. The summed E-state index contributed by atoms with van der Waals surface area (Å²) in [4.78, 5) is 4.04. The predicted octanol–water partition coefficient (Wildman–Crippen LogP) is 3.20. The first-order valence-electron chi connectivity index (χ1n) is 6.00. The number of aromatic nitrogens is 1. The third-order valence-corrected chi connectivity index (χ3v) is 2.41. The molecule has 18 heavy (non-hydrogen) atoms. The second kappa shape index (κ2) is 5.91. The lowest BCUT2D eigenvalue weighted by atomic mass is 10.2. The Morgan fingerprint density at radius 1 is 1.22 bits per heavy atom. The number of pyridine rings is 1. The molecule has 0 spiro atoms. The molecule has 1 aromatic carbocycles. The minimum atomic E-state index is 0.510. The van der Waals surface area contributed by atoms with E-state index in [4.69, 9.17) is 10.5 Å². The van der Waals surface area contributed by atoms with Crippen LogP contribution in [0, 0.1) is 0 Å². The largest absolute Gasteiger partial charge is 0.491 e. The van der Waals surface area contributed by atoms with Crippen molar-refractivity contribution in [3.8, 4) is 5.75 Å². The molecule has 94 valence electrons. The number of nitrogen functional groups attached to an aromatic ring is 1. The van der Waals surface area contributed by atoms with E-state index in [9.17, 15) is 0 Å². The molecule has 4 nitrogen and oxygen atoms in total. The zero-order valence-corrected chi connectivity index (χ0v) is 10.4. The fraction of sp³-hybridized carbons (Fsp3) is 0.214. The molecule has 1 aromatic heterocycles. The Morgan fingerprint density at radius 3 is 2.78 bits per heavy atom. The van der Waals surface area contributed by atoms with Gasteiger partial charge in [-0.1, -0.05) is 19.1 Å². The first-order valence-corrected chi connectivity index (χ1v) is 6.00. The Labute approximate surface area is 107 Å². The maximum Gasteiger partial charge on any atom is 0.142 e. The smallest absolute Gasteiger partial charge is 0.142 e. The second-order valence-corrected chi connectivity index (χ2v) is 3.94. The molecule has 4 heteroatoms. The molecule has 2 aromatic rings. The summed E-state index contributed by atoms with van der Waals surface area (Å²) in [7, 11) is 0. The minimum absolute atomic E-state index is 0.510. The standard InChI is InChI=1S/C14H17N3O/c1-2-9-18-13-6-4-3-5-12(13)17-11-7-8-14(15)16-10-11/h3-8,10,17H,2,9H2,1H3,(H2,15,16). The van der Waals surface area contributed by atoms with Gasteiger partial charge in [0.15, 0.2) is 0 Å². The molecule has 0 aliphatic rings. The van der Waals surface area contributed by atoms with Crippen molar-refractivity contribution in [2.45, 2.75) is 13.3 Å². The second-order valence-electron chi connectivity index (χ2n) is 3.94. The van der Waals surface area contributed by atoms with E-state index in [1.54, 1.807) is 12.3 Å². The summed E-state index contributed by atoms with van der Waals surface area (Å²) in [6.45, 7) is 2.79. The Balaban J connectivity index is 2.15. The van der Waals surface area contributed by atoms with Gasteiger partial charge in [-0.15, -0.1) is 0 Å². The van der Waals surface area contributed by atoms with Gasteiger partial charge in [0, 0.05) is 0 Å². The number of hydrogen-bond donors (Lipinski definition) is 2. The quantitative estimate of drug-likeness (QED) is 0.846. The SMILES string of the molecule is CCCOc1ccccc1Nc1ccc(N)nc1. The van der Waals surface area contributed by atoms with Gasteiger partial charge in [0.2, 0.25) is 0 Å². The molecule has 0 unspecified atom stereocenters. The minimum Gasteiger partial charge on any atom is -0.491 e. The molecule has 2 rings (SSSR count). The number of ether oxygens (including phenoxy) is 1. The van der Waals surface area contributed by atoms with Gasteiger partial charge < -0.3 is 15.8 Å². The van der Waals surface area contributed by atoms with Gasteiger partial charge in [-0.2, -0.15) is 0 Å². The van der Waals surface area contributed by atoms with Gasteiger partial charge in [0.25, 0.3) is 0 Å². The molecule has 1 heterocycles. The van der Waals surface area contributed by atoms with Gasteiger partial charge >= 0.3 is 0 Å². The molecule has 0 aliphatic carbocycles. The van der Waals surface area contributed by atoms with Crippen molar-refractivity contribution < 1.29 is 4.74 Å². The molecule has 3 N–H and O–H groups in total. The van der Waals surface area contributed by atoms with Crippen molar-refractivity contribution in [2.75, 3.05) is 17.7 Å². The molecule has 0 radical (unpaired) electrons. The van der Waals surface area contributed by atoms with Crippen LogP contribution >= 0.6 is 0 Å². The lowest BCUT2D eigenvalue weighted by Crippen LogP contribution is -2.00. The molecular weight excluding hydrogens is 226 g/mol. The topological polar surface area (TPSA) is 60.2 Å². The monoisotopic (exact) mass is 243 g/mol. The van der Waals surface area contributed by atoms with E-state index in [1.807, 2.05) is 30.3 Å². The molecular formula is C14H17N3O. The highest BCUT2D eigenvalue weighted by Gasteiger charge is 2.03. The van der Waals surface area contributed by atoms with Gasteiger partial charge in [0.05, 0.1) is 24.2 Å². The Morgan fingerprint density at radius 2 is 2.06 bits per heavy atom. The van der Waals surface area contributed by atoms with Crippen LogP contribution in [0.2, 0.25) is 0 Å². The van der Waals surface area contributed by atoms with E-state index in [0.717, 1.165) is 23.5 Å². The van der Waals surface area contributed by atoms with E-state index in [2.05, 4.69) is 17.2 Å². The maximum absolute atomic E-state index is 5.67. The Bertz CT molecular complexity index is 497. The average Bonchev–Trinajstić information content (AvgIpc) is 2.40. The van der Waals surface area contributed by atoms with Crippen molar-refractivity contribution in [3.63, 3.8) is 0 Å². The molecule has 0 aliphatic heterocycles. The highest BCUT2D eigenvalue weighted by atomic mass is 16.5. The number of nitrogens with two attached hydrogens (primary N) is 1. The zero-order valence-electron chi connectivity index (χ0n) is 10.4. The average molecular weight is 243 g/mol. The van der Waals surface area contributed by atoms with Crippen LogP contribution in [0.1, 0.15) is 13.3 Å². The van der Waals surface area contributed by atoms with Crippen LogP contribution in [0.25, 0.3) is 0 Å². The van der Waals surface area contributed by atoms with Crippen LogP contribution in [-0.2, 0) is 0 Å². The molecule has 0 saturated carbocycles. The van der Waals surface area contributed by atoms with Gasteiger partial charge in [-0.3, -0.25) is 0 Å². The number of nitrogens with zero attached hydrogens (tertiary/aromatic N) is 1. The van der Waals surface area contributed by atoms with Crippen LogP contribution in [0.5, 0.6) is 5.75 Å². The molecule has 0 atom stereocenters. The lowest BCUT2D eigenvalue weighted by Gasteiger charge is -2.12. The first-order chi connectivity index (χ1) is 8.79. The zero-order chi connectivity index (χ0) is 12.8. The normalized spacial score (nSPS) is 10.1. The van der Waals surface area contributed by atoms with Crippen LogP contribution in [0.4, 0.5) is 17.2 Å². The van der Waals surface area contributed by atoms with Gasteiger partial charge in [-0.25, -0.2) is 4.98 Å². The fourth-order valence-electron chi connectivity index (χ4n) is 1.54. The van der Waals surface area contributed by atoms with E-state index < -0.39 is 0 Å². The summed E-state index contributed by atoms with van der Waals surface area (Å²) in [6.07, 6.45) is 2.68. The Hall–Kier alpha value is -2.23. The van der Waals surface area contributed by atoms with Gasteiger partial charge in [-0.05, 0) is 30.7 Å². The van der Waals surface area contributed by atoms with Crippen molar-refractivity contribution in [1.29, 1.82) is 0 Å². The van der Waals surface area contributed by atoms with Gasteiger partial charge in [0.1, 0.15) is 11.6 Å². The highest BCUT2D eigenvalue weighted by molar-refractivity contribution is 5.66. The van der Waals surface area contributed by atoms with E-state index in [1.165, 1.54) is 0 Å². The number of benzene rings is 1. The van der Waals surface area contributed by atoms with E-state index >= 15 is 0 Å². The van der Waals surface area contributed by atoms with Crippen molar-refractivity contribution in [1.82, 2.24) is 4.98 Å². The summed E-state index contributed by atoms with van der Waals surface area (Å²) >= 11 is 0. The third kappa shape index (κ3) is 3.13. The number of hydrogen-bond acceptors (Lipinski definition) is 4. The predicted molar refractivity (Wildman–Crippen MR) is 74.2 cm³/mol. The fourth-order valence-corrected chi connectivity index (χ4v) is 1.54. The van der Waals surface area contributed by atoms with Crippen molar-refractivity contribution in [2.24, 2.45) is 0 Å². The summed E-state index contributed by atoms with van der Waals surface area (Å²) in [5.41, 5.74) is 7.37. The van der Waals surface area contributed by atoms with E-state index in [0.29, 0.717) is 12.4 Å². The number of nitrogens with one attached hydrogen (secondary N) is 1. The van der Waals surface area contributed by atoms with Crippen LogP contribution in [-0.4, -0.2) is 11.6 Å². The maximum atomic E-state index is 5.67. The first kappa shape index (κ1) is 12.2. The summed E-state index contributed by atoms with van der Waals surface area (Å²) in [6, 6.07) is 11.5. The summed E-state index contributed by atoms with van der Waals surface area (Å²) in [5.74, 6) is 1.35. The lowest BCUT2D eigenvalue weighted by molar-refractivity contribution is 0.319. The summed E-state index contributed by atoms with van der Waals surface area (Å²) in [5, 5.41) is 3.27. The molecule has 0 fully saturated rings. The molecule has 0 bridgehead atoms.